The third-order valence-corrected chi connectivity index (χ3v) is 5.49. The number of unbranched alkanes of at least 4 members (excludes halogenated alkanes) is 1. The zero-order valence-electron chi connectivity index (χ0n) is 20.9. The van der Waals surface area contributed by atoms with Gasteiger partial charge in [-0.3, -0.25) is 5.32 Å². The highest BCUT2D eigenvalue weighted by Crippen LogP contribution is 2.46. The number of aliphatic hydroxyl groups is 1. The Bertz CT molecular complexity index is 1060. The van der Waals surface area contributed by atoms with Gasteiger partial charge in [-0.1, -0.05) is 27.2 Å². The molecule has 0 spiro atoms. The highest BCUT2D eigenvalue weighted by molar-refractivity contribution is 5.89. The van der Waals surface area contributed by atoms with Crippen molar-refractivity contribution in [3.63, 3.8) is 0 Å². The molecule has 1 aliphatic heterocycles. The lowest BCUT2D eigenvalue weighted by molar-refractivity contribution is -0.206. The molecule has 2 N–H and O–H groups in total. The van der Waals surface area contributed by atoms with Gasteiger partial charge in [0.05, 0.1) is 16.8 Å². The van der Waals surface area contributed by atoms with Gasteiger partial charge in [0, 0.05) is 32.0 Å². The lowest BCUT2D eigenvalue weighted by Crippen LogP contribution is -2.34. The van der Waals surface area contributed by atoms with E-state index in [0.29, 0.717) is 32.0 Å². The molecule has 1 amide bonds. The zero-order chi connectivity index (χ0) is 28.0. The maximum Gasteiger partial charge on any atom is 0.430 e. The second-order valence-corrected chi connectivity index (χ2v) is 8.69. The van der Waals surface area contributed by atoms with Crippen molar-refractivity contribution in [2.24, 2.45) is 5.92 Å². The average Bonchev–Trinajstić information content (AvgIpc) is 2.82. The Labute approximate surface area is 210 Å². The first kappa shape index (κ1) is 30.1. The van der Waals surface area contributed by atoms with Crippen LogP contribution >= 0.6 is 0 Å². The minimum Gasteiger partial charge on any atom is -0.431 e. The molecule has 7 nitrogen and oxygen atoms in total. The summed E-state index contributed by atoms with van der Waals surface area (Å²) in [5.74, 6) is -0.145. The van der Waals surface area contributed by atoms with E-state index in [0.717, 1.165) is 31.9 Å². The number of carbonyl (C=O) groups excluding carboxylic acids is 1. The van der Waals surface area contributed by atoms with Crippen LogP contribution in [-0.4, -0.2) is 47.5 Å². The highest BCUT2D eigenvalue weighted by Gasteiger charge is 2.49. The smallest absolute Gasteiger partial charge is 0.430 e. The molecule has 1 unspecified atom stereocenters. The van der Waals surface area contributed by atoms with Gasteiger partial charge in [0.15, 0.2) is 0 Å². The zero-order valence-corrected chi connectivity index (χ0v) is 20.9. The van der Waals surface area contributed by atoms with Crippen LogP contribution in [0.25, 0.3) is 11.3 Å². The maximum absolute atomic E-state index is 13.8. The van der Waals surface area contributed by atoms with Gasteiger partial charge in [-0.25, -0.2) is 14.8 Å². The summed E-state index contributed by atoms with van der Waals surface area (Å²) in [6.45, 7) is 6.79. The fraction of sp³-hybridized carbons (Fsp3) is 0.542. The monoisotopic (exact) mass is 536 g/mol. The number of aliphatic hydroxyl groups excluding tert-OH is 1. The number of hydrogen-bond acceptors (Lipinski definition) is 6. The summed E-state index contributed by atoms with van der Waals surface area (Å²) in [6, 6.07) is 2.74. The van der Waals surface area contributed by atoms with E-state index >= 15 is 0 Å². The molecule has 0 fully saturated rings. The number of carbonyl (C=O) groups is 1. The number of anilines is 2. The van der Waals surface area contributed by atoms with Crippen molar-refractivity contribution >= 4 is 17.7 Å². The van der Waals surface area contributed by atoms with Gasteiger partial charge in [0.25, 0.3) is 0 Å². The largest absolute Gasteiger partial charge is 0.431 e. The van der Waals surface area contributed by atoms with Gasteiger partial charge in [-0.15, -0.1) is 0 Å². The Balaban J connectivity index is 0.00000235. The van der Waals surface area contributed by atoms with Crippen LogP contribution in [0.2, 0.25) is 0 Å². The Morgan fingerprint density at radius 3 is 2.38 bits per heavy atom. The van der Waals surface area contributed by atoms with Gasteiger partial charge < -0.3 is 14.7 Å². The lowest BCUT2D eigenvalue weighted by Gasteiger charge is -2.29. The molecule has 1 atom stereocenters. The van der Waals surface area contributed by atoms with Crippen LogP contribution in [0.1, 0.15) is 57.3 Å². The topological polar surface area (TPSA) is 87.6 Å². The molecule has 13 heteroatoms. The van der Waals surface area contributed by atoms with E-state index in [1.165, 1.54) is 0 Å². The van der Waals surface area contributed by atoms with Crippen LogP contribution in [0.4, 0.5) is 42.8 Å². The first-order valence-corrected chi connectivity index (χ1v) is 11.6. The molecule has 0 bridgehead atoms. The summed E-state index contributed by atoms with van der Waals surface area (Å²) in [5, 5.41) is 9.08. The van der Waals surface area contributed by atoms with Crippen molar-refractivity contribution in [2.75, 3.05) is 30.4 Å². The van der Waals surface area contributed by atoms with Crippen molar-refractivity contribution in [3.05, 3.63) is 35.5 Å². The molecule has 0 aromatic carbocycles. The fourth-order valence-corrected chi connectivity index (χ4v) is 3.67. The predicted molar refractivity (Wildman–Crippen MR) is 126 cm³/mol. The van der Waals surface area contributed by atoms with E-state index in [1.54, 1.807) is 4.90 Å². The van der Waals surface area contributed by atoms with Crippen molar-refractivity contribution < 1.29 is 41.0 Å². The van der Waals surface area contributed by atoms with E-state index in [1.807, 2.05) is 20.8 Å². The minimum atomic E-state index is -5.01. The number of fused-ring (bicyclic) bond motifs is 1. The van der Waals surface area contributed by atoms with Crippen LogP contribution in [-0.2, 0) is 10.9 Å². The lowest BCUT2D eigenvalue weighted by atomic mass is 9.98. The number of halogens is 6. The van der Waals surface area contributed by atoms with E-state index < -0.39 is 41.5 Å². The fourth-order valence-electron chi connectivity index (χ4n) is 3.67. The first-order valence-electron chi connectivity index (χ1n) is 11.6. The maximum atomic E-state index is 13.8. The molecule has 0 radical (unpaired) electrons. The number of cyclic esters (lactones) is 1. The van der Waals surface area contributed by atoms with E-state index in [9.17, 15) is 31.1 Å². The van der Waals surface area contributed by atoms with E-state index in [2.05, 4.69) is 20.0 Å². The number of pyridine rings is 2. The molecule has 1 aliphatic rings. The SMILES string of the molecule is CCCCN(CCC(C)C)c1cc(C(F)(F)F)cc(-c2ccnc3c2C(C(F)(F)F)OC(=O)N3)n1.CO. The average molecular weight is 537 g/mol. The number of nitrogens with one attached hydrogen (secondary N) is 1. The first-order chi connectivity index (χ1) is 17.3. The summed E-state index contributed by atoms with van der Waals surface area (Å²) < 4.78 is 87.2. The number of aromatic nitrogens is 2. The molecule has 0 aliphatic carbocycles. The molecular formula is C24H30F6N4O3. The molecule has 37 heavy (non-hydrogen) atoms. The van der Waals surface area contributed by atoms with Crippen molar-refractivity contribution in [1.82, 2.24) is 9.97 Å². The normalized spacial score (nSPS) is 15.4. The molecule has 2 aromatic rings. The number of nitrogens with zero attached hydrogens (tertiary/aromatic N) is 3. The van der Waals surface area contributed by atoms with E-state index in [-0.39, 0.29) is 23.0 Å². The van der Waals surface area contributed by atoms with Crippen molar-refractivity contribution in [3.8, 4) is 11.3 Å². The summed E-state index contributed by atoms with van der Waals surface area (Å²) >= 11 is 0. The third kappa shape index (κ3) is 7.70. The summed E-state index contributed by atoms with van der Waals surface area (Å²) in [7, 11) is 1.00. The molecule has 2 aromatic heterocycles. The van der Waals surface area contributed by atoms with Crippen molar-refractivity contribution in [1.29, 1.82) is 0 Å². The number of hydrogen-bond donors (Lipinski definition) is 2. The number of alkyl halides is 6. The standard InChI is InChI=1S/C23H26F6N4O2.CH4O/c1-4-5-9-33(10-7-13(2)3)17-12-14(22(24,25)26)11-16(31-17)15-6-8-30-20-18(15)19(23(27,28)29)35-21(34)32-20;1-2/h6,8,11-13,19H,4-5,7,9-10H2,1-3H3,(H,30,32,34);2H,1H3. The molecular weight excluding hydrogens is 506 g/mol. The van der Waals surface area contributed by atoms with Gasteiger partial charge >= 0.3 is 18.4 Å². The van der Waals surface area contributed by atoms with Crippen LogP contribution in [0.3, 0.4) is 0 Å². The van der Waals surface area contributed by atoms with Crippen molar-refractivity contribution in [2.45, 2.75) is 58.5 Å². The van der Waals surface area contributed by atoms with Gasteiger partial charge in [-0.2, -0.15) is 26.3 Å². The highest BCUT2D eigenvalue weighted by atomic mass is 19.4. The summed E-state index contributed by atoms with van der Waals surface area (Å²) in [5.41, 5.74) is -2.23. The Hall–Kier alpha value is -3.09. The number of rotatable bonds is 8. The molecule has 206 valence electrons. The predicted octanol–water partition coefficient (Wildman–Crippen LogP) is 6.59. The van der Waals surface area contributed by atoms with Crippen LogP contribution in [0.5, 0.6) is 0 Å². The second-order valence-electron chi connectivity index (χ2n) is 8.69. The van der Waals surface area contributed by atoms with Gasteiger partial charge in [0.2, 0.25) is 6.10 Å². The van der Waals surface area contributed by atoms with Crippen LogP contribution in [0.15, 0.2) is 24.4 Å². The Kier molecular flexibility index (Phi) is 10.1. The minimum absolute atomic E-state index is 0.0128. The third-order valence-electron chi connectivity index (χ3n) is 5.49. The number of ether oxygens (including phenoxy) is 1. The quantitative estimate of drug-likeness (QED) is 0.370. The molecule has 3 heterocycles. The van der Waals surface area contributed by atoms with Crippen LogP contribution < -0.4 is 10.2 Å². The van der Waals surface area contributed by atoms with Gasteiger partial charge in [-0.05, 0) is 37.0 Å². The van der Waals surface area contributed by atoms with E-state index in [4.69, 9.17) is 5.11 Å². The number of amides is 1. The molecule has 0 saturated carbocycles. The Morgan fingerprint density at radius 2 is 1.81 bits per heavy atom. The summed E-state index contributed by atoms with van der Waals surface area (Å²) in [4.78, 5) is 21.5. The summed E-state index contributed by atoms with van der Waals surface area (Å²) in [6.07, 6.45) is -10.5. The van der Waals surface area contributed by atoms with Crippen LogP contribution in [0, 0.1) is 5.92 Å². The second kappa shape index (κ2) is 12.4. The molecule has 0 saturated heterocycles. The van der Waals surface area contributed by atoms with Gasteiger partial charge in [0.1, 0.15) is 11.6 Å². The molecule has 3 rings (SSSR count). The Morgan fingerprint density at radius 1 is 1.14 bits per heavy atom.